The third kappa shape index (κ3) is 25.6. The van der Waals surface area contributed by atoms with Crippen molar-refractivity contribution in [2.75, 3.05) is 13.1 Å². The van der Waals surface area contributed by atoms with Gasteiger partial charge in [-0.2, -0.15) is 0 Å². The van der Waals surface area contributed by atoms with Gasteiger partial charge in [0.05, 0.1) is 31.8 Å². The van der Waals surface area contributed by atoms with E-state index in [1.54, 1.807) is 0 Å². The minimum absolute atomic E-state index is 0.0239. The van der Waals surface area contributed by atoms with Gasteiger partial charge in [-0.15, -0.1) is 0 Å². The second-order valence-corrected chi connectivity index (χ2v) is 15.7. The number of guanidine groups is 1. The molecule has 32 heteroatoms. The molecule has 8 atom stereocenters. The first-order valence-electron chi connectivity index (χ1n) is 21.0. The van der Waals surface area contributed by atoms with Gasteiger partial charge in [0.1, 0.15) is 42.3 Å². The molecule has 32 nitrogen and oxygen atoms in total. The lowest BCUT2D eigenvalue weighted by Crippen LogP contribution is -2.61. The van der Waals surface area contributed by atoms with Crippen molar-refractivity contribution in [3.05, 3.63) is 0 Å². The number of carbonyl (C=O) groups is 14. The molecule has 0 saturated carbocycles. The van der Waals surface area contributed by atoms with Gasteiger partial charge in [0, 0.05) is 19.4 Å². The van der Waals surface area contributed by atoms with Gasteiger partial charge in [0.25, 0.3) is 0 Å². The number of nitrogens with zero attached hydrogens (tertiary/aromatic N) is 1. The molecular formula is C38H61N13O19. The Kier molecular flexibility index (Phi) is 27.3. The van der Waals surface area contributed by atoms with E-state index in [9.17, 15) is 87.5 Å². The van der Waals surface area contributed by atoms with Crippen LogP contribution in [0.15, 0.2) is 4.99 Å². The molecule has 0 heterocycles. The molecule has 0 rings (SSSR count). The Bertz CT molecular complexity index is 1990. The molecule has 0 spiro atoms. The lowest BCUT2D eigenvalue weighted by atomic mass is 10.0. The highest BCUT2D eigenvalue weighted by molar-refractivity contribution is 5.99. The Balaban J connectivity index is 6.26. The number of aliphatic carboxylic acids is 5. The maximum Gasteiger partial charge on any atom is 0.326 e. The molecule has 0 unspecified atom stereocenters. The van der Waals surface area contributed by atoms with E-state index in [-0.39, 0.29) is 31.8 Å². The molecule has 0 saturated heterocycles. The number of nitrogens with one attached hydrogen (secondary N) is 8. The monoisotopic (exact) mass is 1000 g/mol. The molecule has 0 aromatic carbocycles. The second-order valence-electron chi connectivity index (χ2n) is 15.7. The van der Waals surface area contributed by atoms with Crippen LogP contribution in [0.5, 0.6) is 0 Å². The van der Waals surface area contributed by atoms with Crippen LogP contribution < -0.4 is 65.5 Å². The van der Waals surface area contributed by atoms with Crippen molar-refractivity contribution in [3.8, 4) is 0 Å². The number of carboxylic acids is 5. The first-order chi connectivity index (χ1) is 32.4. The summed E-state index contributed by atoms with van der Waals surface area (Å²) in [6.07, 6.45) is -5.55. The first kappa shape index (κ1) is 61.8. The highest BCUT2D eigenvalue weighted by Crippen LogP contribution is 2.08. The van der Waals surface area contributed by atoms with E-state index < -0.39 is 182 Å². The molecule has 70 heavy (non-hydrogen) atoms. The number of primary amides is 1. The molecular weight excluding hydrogens is 942 g/mol. The largest absolute Gasteiger partial charge is 0.481 e. The zero-order valence-electron chi connectivity index (χ0n) is 38.2. The average molecular weight is 1000 g/mol. The predicted octanol–water partition coefficient (Wildman–Crippen LogP) is -7.81. The SMILES string of the molecule is CC(C)[C@H](NC(=O)[C@H](CC(=O)O)NC(=O)[C@H](C)NC(=O)[C@@H](N)CCC(=O)O)C(=O)N[C@@H](CC(=O)O)C(=O)N[C@@H](CCC(N)=O)C(=O)N[C@@H](CC(=O)O)C(=O)NCC(=O)N[C@@H](CCCN=C(N)N)C(=O)O. The third-order valence-corrected chi connectivity index (χ3v) is 9.35. The quantitative estimate of drug-likeness (QED) is 0.0162. The molecule has 21 N–H and O–H groups in total. The van der Waals surface area contributed by atoms with Crippen LogP contribution in [0.4, 0.5) is 0 Å². The predicted molar refractivity (Wildman–Crippen MR) is 235 cm³/mol. The summed E-state index contributed by atoms with van der Waals surface area (Å²) in [5.41, 5.74) is 21.3. The Morgan fingerprint density at radius 1 is 0.486 bits per heavy atom. The van der Waals surface area contributed by atoms with E-state index >= 15 is 0 Å². The molecule has 9 amide bonds. The zero-order chi connectivity index (χ0) is 54.0. The van der Waals surface area contributed by atoms with Crippen LogP contribution >= 0.6 is 0 Å². The maximum atomic E-state index is 13.6. The smallest absolute Gasteiger partial charge is 0.326 e. The summed E-state index contributed by atoms with van der Waals surface area (Å²) in [5, 5.41) is 63.6. The summed E-state index contributed by atoms with van der Waals surface area (Å²) in [6, 6.07) is -13.9. The highest BCUT2D eigenvalue weighted by atomic mass is 16.4. The summed E-state index contributed by atoms with van der Waals surface area (Å²) in [6.45, 7) is 2.95. The topological polar surface area (TPSA) is 553 Å². The summed E-state index contributed by atoms with van der Waals surface area (Å²) < 4.78 is 0. The lowest BCUT2D eigenvalue weighted by Gasteiger charge is -2.28. The summed E-state index contributed by atoms with van der Waals surface area (Å²) in [7, 11) is 0. The molecule has 0 aliphatic heterocycles. The fraction of sp³-hybridized carbons (Fsp3) is 0.605. The van der Waals surface area contributed by atoms with E-state index in [2.05, 4.69) is 36.9 Å². The Hall–Kier alpha value is -8.19. The fourth-order valence-corrected chi connectivity index (χ4v) is 5.69. The van der Waals surface area contributed by atoms with Crippen LogP contribution in [-0.4, -0.2) is 176 Å². The molecule has 0 aromatic heterocycles. The van der Waals surface area contributed by atoms with Crippen molar-refractivity contribution in [3.63, 3.8) is 0 Å². The fourth-order valence-electron chi connectivity index (χ4n) is 5.69. The van der Waals surface area contributed by atoms with Crippen molar-refractivity contribution < 1.29 is 92.7 Å². The van der Waals surface area contributed by atoms with Crippen LogP contribution in [0.2, 0.25) is 0 Å². The van der Waals surface area contributed by atoms with E-state index in [0.29, 0.717) is 0 Å². The van der Waals surface area contributed by atoms with E-state index in [0.717, 1.165) is 6.92 Å². The van der Waals surface area contributed by atoms with E-state index in [4.69, 9.17) is 28.0 Å². The normalized spacial score (nSPS) is 14.1. The van der Waals surface area contributed by atoms with Crippen LogP contribution in [-0.2, 0) is 67.1 Å². The van der Waals surface area contributed by atoms with Crippen molar-refractivity contribution >= 4 is 89.0 Å². The Labute approximate surface area is 397 Å². The number of aliphatic imine (C=N–C) groups is 1. The second kappa shape index (κ2) is 31.0. The molecule has 392 valence electrons. The third-order valence-electron chi connectivity index (χ3n) is 9.35. The van der Waals surface area contributed by atoms with Gasteiger partial charge in [-0.3, -0.25) is 67.3 Å². The molecule has 0 fully saturated rings. The minimum atomic E-state index is -2.09. The van der Waals surface area contributed by atoms with Crippen LogP contribution in [0.25, 0.3) is 0 Å². The number of hydrogen-bond donors (Lipinski definition) is 17. The highest BCUT2D eigenvalue weighted by Gasteiger charge is 2.36. The van der Waals surface area contributed by atoms with Crippen LogP contribution in [0.1, 0.15) is 78.6 Å². The minimum Gasteiger partial charge on any atom is -0.481 e. The van der Waals surface area contributed by atoms with E-state index in [1.165, 1.54) is 13.8 Å². The van der Waals surface area contributed by atoms with Gasteiger partial charge in [-0.05, 0) is 38.5 Å². The number of carboxylic acid groups (broad SMARTS) is 5. The van der Waals surface area contributed by atoms with Crippen molar-refractivity contribution in [1.29, 1.82) is 0 Å². The molecule has 0 radical (unpaired) electrons. The molecule has 0 aliphatic carbocycles. The summed E-state index contributed by atoms with van der Waals surface area (Å²) in [5.74, 6) is -19.7. The van der Waals surface area contributed by atoms with Gasteiger partial charge in [-0.1, -0.05) is 13.8 Å². The number of rotatable bonds is 34. The number of carbonyl (C=O) groups excluding carboxylic acids is 9. The van der Waals surface area contributed by atoms with Crippen molar-refractivity contribution in [1.82, 2.24) is 42.5 Å². The lowest BCUT2D eigenvalue weighted by molar-refractivity contribution is -0.143. The Morgan fingerprint density at radius 3 is 1.43 bits per heavy atom. The average Bonchev–Trinajstić information content (AvgIpc) is 3.24. The Morgan fingerprint density at radius 2 is 0.957 bits per heavy atom. The maximum absolute atomic E-state index is 13.6. The number of hydrogen-bond acceptors (Lipinski definition) is 16. The van der Waals surface area contributed by atoms with Gasteiger partial charge < -0.3 is 91.0 Å². The van der Waals surface area contributed by atoms with Gasteiger partial charge in [0.2, 0.25) is 53.2 Å². The van der Waals surface area contributed by atoms with Gasteiger partial charge in [0.15, 0.2) is 5.96 Å². The summed E-state index contributed by atoms with van der Waals surface area (Å²) in [4.78, 5) is 178. The molecule has 0 aromatic rings. The van der Waals surface area contributed by atoms with Gasteiger partial charge >= 0.3 is 29.8 Å². The molecule has 0 aliphatic rings. The standard InChI is InChI=1S/C38H61N13O19/c1-15(2)29(51-35(67)22(13-28(60)61)48-30(62)16(3)45-31(63)17(39)6-9-25(54)55)36(68)50-21(12-27(58)59)34(66)47-18(7-8-23(40)52)33(65)49-20(11-26(56)57)32(64)44-14-24(53)46-19(37(69)70)5-4-10-43-38(41)42/h15-22,29H,4-14,39H2,1-3H3,(H2,40,52)(H,44,64)(H,45,63)(H,46,53)(H,47,66)(H,48,62)(H,49,65)(H,50,68)(H,51,67)(H,54,55)(H,56,57)(H,58,59)(H,60,61)(H,69,70)(H4,41,42,43)/t16-,17-,18-,19-,20-,21-,22-,29-/m0/s1. The van der Waals surface area contributed by atoms with Crippen LogP contribution in [0, 0.1) is 5.92 Å². The van der Waals surface area contributed by atoms with E-state index in [1.807, 2.05) is 10.6 Å². The number of amides is 9. The van der Waals surface area contributed by atoms with Gasteiger partial charge in [-0.25, -0.2) is 4.79 Å². The first-order valence-corrected chi connectivity index (χ1v) is 21.0. The van der Waals surface area contributed by atoms with Crippen LogP contribution in [0.3, 0.4) is 0 Å². The van der Waals surface area contributed by atoms with Crippen molar-refractivity contribution in [2.24, 2.45) is 33.8 Å². The zero-order valence-corrected chi connectivity index (χ0v) is 38.2. The number of nitrogens with two attached hydrogens (primary N) is 4. The summed E-state index contributed by atoms with van der Waals surface area (Å²) >= 11 is 0. The molecule has 0 bridgehead atoms. The van der Waals surface area contributed by atoms with Crippen molar-refractivity contribution in [2.45, 2.75) is 127 Å².